The smallest absolute Gasteiger partial charge is 0.407 e. The van der Waals surface area contributed by atoms with E-state index in [4.69, 9.17) is 9.84 Å². The number of hydrogen-bond donors (Lipinski definition) is 1. The number of rotatable bonds is 1. The highest BCUT2D eigenvalue weighted by Crippen LogP contribution is 2.14. The van der Waals surface area contributed by atoms with Gasteiger partial charge in [-0.2, -0.15) is 0 Å². The maximum Gasteiger partial charge on any atom is 0.407 e. The number of carbonyl (C=O) groups is 1. The first-order valence-electron chi connectivity index (χ1n) is 3.85. The zero-order valence-electron chi connectivity index (χ0n) is 6.86. The van der Waals surface area contributed by atoms with Gasteiger partial charge in [-0.05, 0) is 0 Å². The first-order chi connectivity index (χ1) is 5.61. The average molecular weight is 238 g/mol. The highest BCUT2D eigenvalue weighted by molar-refractivity contribution is 9.09. The molecule has 0 aliphatic carbocycles. The van der Waals surface area contributed by atoms with E-state index in [2.05, 4.69) is 15.9 Å². The summed E-state index contributed by atoms with van der Waals surface area (Å²) in [7, 11) is 0. The van der Waals surface area contributed by atoms with Crippen molar-refractivity contribution in [3.05, 3.63) is 0 Å². The highest BCUT2D eigenvalue weighted by atomic mass is 79.9. The van der Waals surface area contributed by atoms with Crippen LogP contribution >= 0.6 is 15.9 Å². The molecule has 1 fully saturated rings. The Morgan fingerprint density at radius 3 is 3.00 bits per heavy atom. The molecule has 0 aromatic heterocycles. The highest BCUT2D eigenvalue weighted by Gasteiger charge is 2.26. The molecule has 2 unspecified atom stereocenters. The van der Waals surface area contributed by atoms with Gasteiger partial charge in [0, 0.05) is 11.4 Å². The summed E-state index contributed by atoms with van der Waals surface area (Å²) in [5.74, 6) is 0. The third-order valence-corrected chi connectivity index (χ3v) is 2.47. The minimum absolute atomic E-state index is 0.0187. The number of carboxylic acid groups (broad SMARTS) is 1. The first kappa shape index (κ1) is 9.80. The second kappa shape index (κ2) is 4.09. The van der Waals surface area contributed by atoms with Gasteiger partial charge in [0.2, 0.25) is 0 Å². The second-order valence-electron chi connectivity index (χ2n) is 2.82. The first-order valence-corrected chi connectivity index (χ1v) is 4.76. The maximum absolute atomic E-state index is 10.6. The van der Waals surface area contributed by atoms with E-state index in [0.29, 0.717) is 19.7 Å². The molecule has 2 atom stereocenters. The van der Waals surface area contributed by atoms with Crippen molar-refractivity contribution in [3.63, 3.8) is 0 Å². The van der Waals surface area contributed by atoms with Crippen LogP contribution in [0.3, 0.4) is 0 Å². The minimum Gasteiger partial charge on any atom is -0.465 e. The van der Waals surface area contributed by atoms with Crippen LogP contribution in [0, 0.1) is 0 Å². The molecule has 0 spiro atoms. The Morgan fingerprint density at radius 1 is 1.83 bits per heavy atom. The topological polar surface area (TPSA) is 49.8 Å². The van der Waals surface area contributed by atoms with Gasteiger partial charge in [0.15, 0.2) is 0 Å². The molecule has 1 amide bonds. The Bertz CT molecular complexity index is 174. The Balaban J connectivity index is 2.46. The van der Waals surface area contributed by atoms with Gasteiger partial charge in [-0.25, -0.2) is 4.79 Å². The van der Waals surface area contributed by atoms with Crippen LogP contribution in [0.4, 0.5) is 4.79 Å². The lowest BCUT2D eigenvalue weighted by atomic mass is 10.2. The lowest BCUT2D eigenvalue weighted by Crippen LogP contribution is -2.47. The molecule has 1 aliphatic heterocycles. The van der Waals surface area contributed by atoms with E-state index in [1.165, 1.54) is 4.90 Å². The van der Waals surface area contributed by atoms with Crippen molar-refractivity contribution in [2.45, 2.75) is 17.9 Å². The fraction of sp³-hybridized carbons (Fsp3) is 0.857. The third-order valence-electron chi connectivity index (χ3n) is 1.88. The molecular formula is C7H12BrNO3. The molecule has 70 valence electrons. The molecule has 0 aromatic rings. The number of amides is 1. The fourth-order valence-corrected chi connectivity index (χ4v) is 1.45. The molecule has 1 saturated heterocycles. The van der Waals surface area contributed by atoms with Crippen molar-refractivity contribution in [2.24, 2.45) is 0 Å². The number of nitrogens with zero attached hydrogens (tertiary/aromatic N) is 1. The lowest BCUT2D eigenvalue weighted by Gasteiger charge is -2.32. The van der Waals surface area contributed by atoms with Crippen molar-refractivity contribution in [1.82, 2.24) is 4.90 Å². The quantitative estimate of drug-likeness (QED) is 0.697. The minimum atomic E-state index is -0.864. The number of hydrogen-bond acceptors (Lipinski definition) is 2. The van der Waals surface area contributed by atoms with Crippen LogP contribution < -0.4 is 0 Å². The summed E-state index contributed by atoms with van der Waals surface area (Å²) < 4.78 is 5.37. The van der Waals surface area contributed by atoms with E-state index in [9.17, 15) is 4.79 Å². The Kier molecular flexibility index (Phi) is 3.34. The molecule has 1 rings (SSSR count). The Morgan fingerprint density at radius 2 is 2.50 bits per heavy atom. The second-order valence-corrected chi connectivity index (χ2v) is 4.26. The van der Waals surface area contributed by atoms with Crippen LogP contribution in [0.2, 0.25) is 0 Å². The van der Waals surface area contributed by atoms with Crippen molar-refractivity contribution >= 4 is 22.0 Å². The van der Waals surface area contributed by atoms with Crippen LogP contribution in [0.5, 0.6) is 0 Å². The van der Waals surface area contributed by atoms with Gasteiger partial charge in [-0.15, -0.1) is 0 Å². The Hall–Kier alpha value is -0.290. The predicted molar refractivity (Wildman–Crippen MR) is 47.7 cm³/mol. The number of alkyl halides is 1. The molecule has 0 bridgehead atoms. The molecule has 5 heteroatoms. The summed E-state index contributed by atoms with van der Waals surface area (Å²) in [5.41, 5.74) is 0. The van der Waals surface area contributed by atoms with Crippen molar-refractivity contribution in [2.75, 3.05) is 19.7 Å². The SMILES string of the molecule is CC(Br)C1CN(C(=O)O)CCO1. The molecule has 1 N–H and O–H groups in total. The van der Waals surface area contributed by atoms with Crippen LogP contribution in [-0.4, -0.2) is 46.7 Å². The van der Waals surface area contributed by atoms with Crippen molar-refractivity contribution < 1.29 is 14.6 Å². The molecule has 4 nitrogen and oxygen atoms in total. The van der Waals surface area contributed by atoms with E-state index < -0.39 is 6.09 Å². The lowest BCUT2D eigenvalue weighted by molar-refractivity contribution is -0.0193. The van der Waals surface area contributed by atoms with E-state index in [1.807, 2.05) is 6.92 Å². The maximum atomic E-state index is 10.6. The van der Waals surface area contributed by atoms with Crippen LogP contribution in [-0.2, 0) is 4.74 Å². The van der Waals surface area contributed by atoms with Gasteiger partial charge < -0.3 is 14.7 Å². The van der Waals surface area contributed by atoms with Gasteiger partial charge in [0.05, 0.1) is 19.3 Å². The van der Waals surface area contributed by atoms with Crippen LogP contribution in [0.15, 0.2) is 0 Å². The van der Waals surface area contributed by atoms with Gasteiger partial charge in [-0.1, -0.05) is 22.9 Å². The summed E-state index contributed by atoms with van der Waals surface area (Å²) in [4.78, 5) is 12.2. The predicted octanol–water partition coefficient (Wildman–Crippen LogP) is 1.15. The monoisotopic (exact) mass is 237 g/mol. The van der Waals surface area contributed by atoms with Gasteiger partial charge in [0.25, 0.3) is 0 Å². The largest absolute Gasteiger partial charge is 0.465 e. The molecule has 0 saturated carbocycles. The summed E-state index contributed by atoms with van der Waals surface area (Å²) >= 11 is 3.37. The third kappa shape index (κ3) is 2.35. The normalized spacial score (nSPS) is 26.8. The fourth-order valence-electron chi connectivity index (χ4n) is 1.13. The molecule has 0 radical (unpaired) electrons. The number of halogens is 1. The summed E-state index contributed by atoms with van der Waals surface area (Å²) in [6, 6.07) is 0. The molecule has 1 heterocycles. The molecule has 12 heavy (non-hydrogen) atoms. The van der Waals surface area contributed by atoms with Gasteiger partial charge in [-0.3, -0.25) is 0 Å². The van der Waals surface area contributed by atoms with E-state index in [1.54, 1.807) is 0 Å². The van der Waals surface area contributed by atoms with Gasteiger partial charge >= 0.3 is 6.09 Å². The van der Waals surface area contributed by atoms with E-state index in [-0.39, 0.29) is 10.9 Å². The zero-order chi connectivity index (χ0) is 9.14. The van der Waals surface area contributed by atoms with Gasteiger partial charge in [0.1, 0.15) is 0 Å². The Labute approximate surface area is 79.6 Å². The summed E-state index contributed by atoms with van der Waals surface area (Å²) in [5, 5.41) is 8.69. The number of ether oxygens (including phenoxy) is 1. The molecule has 0 aromatic carbocycles. The average Bonchev–Trinajstić information content (AvgIpc) is 2.04. The van der Waals surface area contributed by atoms with Crippen LogP contribution in [0.25, 0.3) is 0 Å². The standard InChI is InChI=1S/C7H12BrNO3/c1-5(8)6-4-9(7(10)11)2-3-12-6/h5-6H,2-4H2,1H3,(H,10,11). The molecular weight excluding hydrogens is 226 g/mol. The molecule has 1 aliphatic rings. The van der Waals surface area contributed by atoms with E-state index in [0.717, 1.165) is 0 Å². The van der Waals surface area contributed by atoms with Crippen LogP contribution in [0.1, 0.15) is 6.92 Å². The number of morpholine rings is 1. The van der Waals surface area contributed by atoms with Crippen molar-refractivity contribution in [3.8, 4) is 0 Å². The van der Waals surface area contributed by atoms with E-state index >= 15 is 0 Å². The van der Waals surface area contributed by atoms with Crippen molar-refractivity contribution in [1.29, 1.82) is 0 Å². The summed E-state index contributed by atoms with van der Waals surface area (Å²) in [6.45, 7) is 3.39. The zero-order valence-corrected chi connectivity index (χ0v) is 8.45. The summed E-state index contributed by atoms with van der Waals surface area (Å²) in [6.07, 6.45) is -0.883.